The van der Waals surface area contributed by atoms with Gasteiger partial charge in [-0.15, -0.1) is 0 Å². The van der Waals surface area contributed by atoms with Crippen LogP contribution >= 0.6 is 11.6 Å². The predicted molar refractivity (Wildman–Crippen MR) is 160 cm³/mol. The van der Waals surface area contributed by atoms with E-state index in [9.17, 15) is 22.4 Å². The number of aromatic nitrogens is 2. The Morgan fingerprint density at radius 1 is 1.33 bits per heavy atom. The second-order valence-corrected chi connectivity index (χ2v) is 12.3. The smallest absolute Gasteiger partial charge is 0.263 e. The van der Waals surface area contributed by atoms with Gasteiger partial charge >= 0.3 is 0 Å². The maximum atomic E-state index is 13.5. The molecular weight excluding hydrogens is 585 g/mol. The van der Waals surface area contributed by atoms with Crippen LogP contribution in [-0.2, 0) is 26.1 Å². The van der Waals surface area contributed by atoms with Crippen LogP contribution in [0.3, 0.4) is 0 Å². The van der Waals surface area contributed by atoms with Crippen molar-refractivity contribution in [1.29, 1.82) is 0 Å². The Kier molecular flexibility index (Phi) is 9.17. The van der Waals surface area contributed by atoms with Crippen LogP contribution in [0.1, 0.15) is 32.8 Å². The molecule has 1 amide bonds. The van der Waals surface area contributed by atoms with Gasteiger partial charge in [0.2, 0.25) is 11.8 Å². The molecule has 1 heterocycles. The summed E-state index contributed by atoms with van der Waals surface area (Å²) in [7, 11) is -2.99. The summed E-state index contributed by atoms with van der Waals surface area (Å²) < 4.78 is 48.7. The molecule has 2 N–H and O–H groups in total. The Morgan fingerprint density at radius 2 is 2.05 bits per heavy atom. The minimum Gasteiger partial charge on any atom is -0.480 e. The van der Waals surface area contributed by atoms with E-state index in [2.05, 4.69) is 33.7 Å². The number of hydrogen-bond donors (Lipinski definition) is 2. The third-order valence-electron chi connectivity index (χ3n) is 6.99. The molecule has 2 aromatic carbocycles. The number of methoxy groups -OCH3 is 1. The Hall–Kier alpha value is -4.03. The lowest BCUT2D eigenvalue weighted by atomic mass is 10.0. The Labute approximate surface area is 248 Å². The van der Waals surface area contributed by atoms with Gasteiger partial charge in [0.15, 0.2) is 0 Å². The van der Waals surface area contributed by atoms with Gasteiger partial charge in [-0.3, -0.25) is 18.9 Å². The van der Waals surface area contributed by atoms with Gasteiger partial charge in [0.1, 0.15) is 16.4 Å². The molecule has 1 fully saturated rings. The maximum absolute atomic E-state index is 13.5. The summed E-state index contributed by atoms with van der Waals surface area (Å²) in [6.07, 6.45) is 3.84. The monoisotopic (exact) mass is 615 g/mol. The Balaban J connectivity index is 1.66. The van der Waals surface area contributed by atoms with Gasteiger partial charge < -0.3 is 10.1 Å². The topological polar surface area (TPSA) is 132 Å². The zero-order chi connectivity index (χ0) is 30.8. The number of ether oxygens (including phenoxy) is 1. The highest BCUT2D eigenvalue weighted by Crippen LogP contribution is 2.29. The van der Waals surface area contributed by atoms with Crippen LogP contribution in [0.4, 0.5) is 4.39 Å². The lowest BCUT2D eigenvalue weighted by Crippen LogP contribution is -2.35. The molecule has 0 unspecified atom stereocenters. The Morgan fingerprint density at radius 3 is 2.67 bits per heavy atom. The molecule has 1 aliphatic rings. The molecule has 3 aromatic rings. The third kappa shape index (κ3) is 6.88. The zero-order valence-electron chi connectivity index (χ0n) is 23.5. The number of allylic oxidation sites excluding steroid dienone is 2. The molecule has 13 heteroatoms. The van der Waals surface area contributed by atoms with Gasteiger partial charge in [0.25, 0.3) is 15.6 Å². The van der Waals surface area contributed by atoms with Gasteiger partial charge in [0.05, 0.1) is 35.3 Å². The van der Waals surface area contributed by atoms with Crippen molar-refractivity contribution < 1.29 is 22.3 Å². The first kappa shape index (κ1) is 30.9. The third-order valence-corrected chi connectivity index (χ3v) is 8.84. The molecule has 222 valence electrons. The molecule has 0 aliphatic heterocycles. The molecule has 0 saturated heterocycles. The maximum Gasteiger partial charge on any atom is 0.263 e. The molecule has 1 saturated carbocycles. The van der Waals surface area contributed by atoms with Crippen molar-refractivity contribution in [2.45, 2.75) is 44.7 Å². The van der Waals surface area contributed by atoms with E-state index >= 15 is 0 Å². The van der Waals surface area contributed by atoms with Crippen molar-refractivity contribution in [3.63, 3.8) is 0 Å². The van der Waals surface area contributed by atoms with Gasteiger partial charge in [-0.25, -0.2) is 22.8 Å². The molecule has 3 atom stereocenters. The van der Waals surface area contributed by atoms with Gasteiger partial charge in [-0.05, 0) is 73.5 Å². The van der Waals surface area contributed by atoms with Crippen LogP contribution in [0.15, 0.2) is 75.1 Å². The average molecular weight is 616 g/mol. The van der Waals surface area contributed by atoms with Crippen LogP contribution in [0.5, 0.6) is 0 Å². The van der Waals surface area contributed by atoms with Crippen molar-refractivity contribution in [2.75, 3.05) is 7.11 Å². The minimum absolute atomic E-state index is 0.0705. The second-order valence-electron chi connectivity index (χ2n) is 10.3. The summed E-state index contributed by atoms with van der Waals surface area (Å²) in [5, 5.41) is 3.01. The molecule has 0 radical (unpaired) electrons. The number of halogens is 2. The van der Waals surface area contributed by atoms with Crippen LogP contribution in [-0.4, -0.2) is 43.7 Å². The van der Waals surface area contributed by atoms with E-state index in [-0.39, 0.29) is 45.6 Å². The van der Waals surface area contributed by atoms with Gasteiger partial charge in [0, 0.05) is 12.6 Å². The number of carbonyl (C=O) groups is 1. The lowest BCUT2D eigenvalue weighted by molar-refractivity contribution is -0.125. The normalized spacial score (nSPS) is 18.2. The highest BCUT2D eigenvalue weighted by molar-refractivity contribution is 7.89. The summed E-state index contributed by atoms with van der Waals surface area (Å²) in [6.45, 7) is 9.13. The van der Waals surface area contributed by atoms with Crippen molar-refractivity contribution in [1.82, 2.24) is 19.6 Å². The molecule has 0 spiro atoms. The van der Waals surface area contributed by atoms with E-state index in [1.807, 2.05) is 0 Å². The summed E-state index contributed by atoms with van der Waals surface area (Å²) in [6, 6.07) is 8.14. The lowest BCUT2D eigenvalue weighted by Gasteiger charge is -2.15. The van der Waals surface area contributed by atoms with E-state index < -0.39 is 21.8 Å². The van der Waals surface area contributed by atoms with Crippen molar-refractivity contribution in [3.8, 4) is 0 Å². The second kappa shape index (κ2) is 12.5. The summed E-state index contributed by atoms with van der Waals surface area (Å²) in [5.41, 5.74) is 1.20. The number of nitrogens with zero attached hydrogens (tertiary/aromatic N) is 3. The molecule has 1 aromatic heterocycles. The number of carbonyl (C=O) groups excluding carboxylic acids is 1. The molecule has 42 heavy (non-hydrogen) atoms. The molecule has 0 bridgehead atoms. The largest absolute Gasteiger partial charge is 0.480 e. The quantitative estimate of drug-likeness (QED) is 0.188. The molecule has 1 aliphatic carbocycles. The van der Waals surface area contributed by atoms with E-state index in [1.54, 1.807) is 32.0 Å². The fourth-order valence-electron chi connectivity index (χ4n) is 4.35. The minimum atomic E-state index is -4.29. The van der Waals surface area contributed by atoms with Crippen molar-refractivity contribution in [2.24, 2.45) is 16.8 Å². The van der Waals surface area contributed by atoms with Crippen LogP contribution < -0.4 is 15.6 Å². The van der Waals surface area contributed by atoms with Crippen LogP contribution in [0, 0.1) is 17.7 Å². The number of nitrogens with one attached hydrogen (secondary N) is 2. The van der Waals surface area contributed by atoms with Crippen molar-refractivity contribution >= 4 is 50.7 Å². The number of benzene rings is 2. The van der Waals surface area contributed by atoms with Gasteiger partial charge in [-0.1, -0.05) is 31.5 Å². The fourth-order valence-corrected chi connectivity index (χ4v) is 5.93. The Bertz CT molecular complexity index is 1790. The van der Waals surface area contributed by atoms with Gasteiger partial charge in [-0.2, -0.15) is 0 Å². The average Bonchev–Trinajstić information content (AvgIpc) is 3.63. The summed E-state index contributed by atoms with van der Waals surface area (Å²) >= 11 is 5.99. The predicted octanol–water partition coefficient (Wildman–Crippen LogP) is 4.25. The summed E-state index contributed by atoms with van der Waals surface area (Å²) in [5.74, 6) is -0.902. The van der Waals surface area contributed by atoms with Crippen molar-refractivity contribution in [3.05, 3.63) is 87.1 Å². The van der Waals surface area contributed by atoms with E-state index in [1.165, 1.54) is 24.1 Å². The van der Waals surface area contributed by atoms with E-state index in [0.717, 1.165) is 24.6 Å². The van der Waals surface area contributed by atoms with Crippen LogP contribution in [0.25, 0.3) is 16.5 Å². The number of fused-ring (bicyclic) bond motifs is 1. The number of sulfonamides is 1. The first-order valence-corrected chi connectivity index (χ1v) is 14.9. The summed E-state index contributed by atoms with van der Waals surface area (Å²) in [4.78, 5) is 33.7. The first-order chi connectivity index (χ1) is 19.8. The SMILES string of the molecule is C=N/C(OC)=C(\C=C(/C)c1ccc2ncn(C[C@@H](C)C(=O)N[C@@H]3C[C@H]3C)c(=O)c2c1)NS(=O)(=O)c1ccc(F)cc1Cl. The standard InChI is InChI=1S/C29H31ClFN5O5S/c1-16(10-25(28(32-4)41-5)35-42(39,40)26-9-7-20(31)13-22(26)30)19-6-8-23-21(12-19)29(38)36(15-33-23)14-18(3)27(37)34-24-11-17(24)2/h6-10,12-13,15,17-18,24,35H,4,11,14H2,1-3,5H3,(H,34,37)/b16-10+,28-25-/t17-,18-,24-/m1/s1. The number of rotatable bonds is 11. The number of aliphatic imine (C=N–C) groups is 1. The van der Waals surface area contributed by atoms with E-state index in [0.29, 0.717) is 28.0 Å². The molecule has 10 nitrogen and oxygen atoms in total. The molecule has 4 rings (SSSR count). The number of hydrogen-bond acceptors (Lipinski definition) is 7. The molecular formula is C29H31ClFN5O5S. The first-order valence-electron chi connectivity index (χ1n) is 13.1. The number of amides is 1. The van der Waals surface area contributed by atoms with E-state index in [4.69, 9.17) is 16.3 Å². The highest BCUT2D eigenvalue weighted by atomic mass is 35.5. The van der Waals surface area contributed by atoms with Crippen LogP contribution in [0.2, 0.25) is 5.02 Å². The zero-order valence-corrected chi connectivity index (χ0v) is 25.1. The highest BCUT2D eigenvalue weighted by Gasteiger charge is 2.34. The fraction of sp³-hybridized carbons (Fsp3) is 0.310.